The monoisotopic (exact) mass is 340 g/mol. The third-order valence-corrected chi connectivity index (χ3v) is 3.45. The van der Waals surface area contributed by atoms with E-state index in [9.17, 15) is 5.11 Å². The minimum absolute atomic E-state index is 0.127. The van der Waals surface area contributed by atoms with Crippen molar-refractivity contribution in [2.45, 2.75) is 19.5 Å². The van der Waals surface area contributed by atoms with Gasteiger partial charge in [-0.25, -0.2) is 0 Å². The number of methoxy groups -OCH3 is 1. The molecule has 0 atom stereocenters. The van der Waals surface area contributed by atoms with Gasteiger partial charge in [0.15, 0.2) is 11.5 Å². The zero-order valence-electron chi connectivity index (χ0n) is 11.2. The molecule has 2 rings (SSSR count). The van der Waals surface area contributed by atoms with Crippen LogP contribution in [0.2, 0.25) is 0 Å². The van der Waals surface area contributed by atoms with Gasteiger partial charge in [-0.1, -0.05) is 5.21 Å². The largest absolute Gasteiger partial charge is 0.503 e. The Morgan fingerprint density at radius 1 is 1.45 bits per heavy atom. The van der Waals surface area contributed by atoms with Gasteiger partial charge in [0, 0.05) is 19.3 Å². The Morgan fingerprint density at radius 2 is 2.30 bits per heavy atom. The van der Waals surface area contributed by atoms with Crippen LogP contribution >= 0.6 is 15.9 Å². The molecule has 1 aromatic heterocycles. The van der Waals surface area contributed by atoms with E-state index in [0.29, 0.717) is 16.8 Å². The normalized spacial score (nSPS) is 10.7. The van der Waals surface area contributed by atoms with Gasteiger partial charge in [-0.15, -0.1) is 5.10 Å². The molecule has 0 saturated carbocycles. The molecule has 0 amide bonds. The molecular weight excluding hydrogens is 324 g/mol. The number of aromatic hydroxyl groups is 1. The zero-order chi connectivity index (χ0) is 14.4. The van der Waals surface area contributed by atoms with E-state index in [0.717, 1.165) is 25.1 Å². The van der Waals surface area contributed by atoms with Crippen molar-refractivity contribution in [3.8, 4) is 11.5 Å². The summed E-state index contributed by atoms with van der Waals surface area (Å²) >= 11 is 3.31. The van der Waals surface area contributed by atoms with E-state index in [1.807, 2.05) is 23.0 Å². The zero-order valence-corrected chi connectivity index (χ0v) is 12.8. The van der Waals surface area contributed by atoms with Gasteiger partial charge in [-0.2, -0.15) is 0 Å². The molecule has 20 heavy (non-hydrogen) atoms. The number of phenolic OH excluding ortho intramolecular Hbond substituents is 1. The summed E-state index contributed by atoms with van der Waals surface area (Å²) in [6.07, 6.45) is 4.50. The highest BCUT2D eigenvalue weighted by molar-refractivity contribution is 9.10. The highest BCUT2D eigenvalue weighted by atomic mass is 79.9. The highest BCUT2D eigenvalue weighted by Gasteiger charge is 2.08. The lowest BCUT2D eigenvalue weighted by Crippen LogP contribution is -2.16. The van der Waals surface area contributed by atoms with Crippen molar-refractivity contribution in [2.24, 2.45) is 0 Å². The molecule has 0 radical (unpaired) electrons. The Morgan fingerprint density at radius 3 is 3.00 bits per heavy atom. The van der Waals surface area contributed by atoms with Gasteiger partial charge in [-0.05, 0) is 46.6 Å². The molecule has 108 valence electrons. The number of ether oxygens (including phenoxy) is 1. The molecule has 0 aliphatic carbocycles. The molecule has 1 heterocycles. The first-order valence-electron chi connectivity index (χ1n) is 6.31. The maximum absolute atomic E-state index is 9.73. The summed E-state index contributed by atoms with van der Waals surface area (Å²) < 4.78 is 7.56. The second-order valence-corrected chi connectivity index (χ2v) is 5.18. The Kier molecular flexibility index (Phi) is 5.37. The molecule has 0 bridgehead atoms. The number of benzene rings is 1. The standard InChI is InChI=1S/C13H17BrN4O2/c1-20-12-8-10(7-11(14)13(12)19)9-15-3-2-5-18-6-4-16-17-18/h4,6-8,15,19H,2-3,5,9H2,1H3. The van der Waals surface area contributed by atoms with Gasteiger partial charge in [-0.3, -0.25) is 4.68 Å². The van der Waals surface area contributed by atoms with E-state index in [-0.39, 0.29) is 5.75 Å². The van der Waals surface area contributed by atoms with Crippen molar-refractivity contribution in [1.82, 2.24) is 20.3 Å². The average Bonchev–Trinajstić information content (AvgIpc) is 2.95. The van der Waals surface area contributed by atoms with Crippen LogP contribution in [0.15, 0.2) is 29.0 Å². The van der Waals surface area contributed by atoms with Crippen LogP contribution < -0.4 is 10.1 Å². The first-order valence-corrected chi connectivity index (χ1v) is 7.10. The molecule has 0 unspecified atom stereocenters. The summed E-state index contributed by atoms with van der Waals surface area (Å²) in [4.78, 5) is 0. The first-order chi connectivity index (χ1) is 9.70. The van der Waals surface area contributed by atoms with Crippen molar-refractivity contribution in [2.75, 3.05) is 13.7 Å². The SMILES string of the molecule is COc1cc(CNCCCn2ccnn2)cc(Br)c1O. The predicted molar refractivity (Wildman–Crippen MR) is 78.7 cm³/mol. The maximum Gasteiger partial charge on any atom is 0.172 e. The van der Waals surface area contributed by atoms with Crippen LogP contribution in [-0.4, -0.2) is 33.8 Å². The maximum atomic E-state index is 9.73. The molecular formula is C13H17BrN4O2. The number of halogens is 1. The Bertz CT molecular complexity index is 546. The number of aromatic nitrogens is 3. The van der Waals surface area contributed by atoms with Crippen molar-refractivity contribution >= 4 is 15.9 Å². The average molecular weight is 341 g/mol. The molecule has 0 spiro atoms. The lowest BCUT2D eigenvalue weighted by molar-refractivity contribution is 0.371. The second-order valence-electron chi connectivity index (χ2n) is 4.32. The van der Waals surface area contributed by atoms with E-state index < -0.39 is 0 Å². The number of rotatable bonds is 7. The van der Waals surface area contributed by atoms with Crippen molar-refractivity contribution in [1.29, 1.82) is 0 Å². The summed E-state index contributed by atoms with van der Waals surface area (Å²) in [5.74, 6) is 0.598. The van der Waals surface area contributed by atoms with Crippen LogP contribution in [-0.2, 0) is 13.1 Å². The molecule has 2 N–H and O–H groups in total. The number of nitrogens with one attached hydrogen (secondary N) is 1. The second kappa shape index (κ2) is 7.25. The number of phenols is 1. The number of hydrogen-bond donors (Lipinski definition) is 2. The van der Waals surface area contributed by atoms with E-state index in [1.165, 1.54) is 7.11 Å². The summed E-state index contributed by atoms with van der Waals surface area (Å²) in [5.41, 5.74) is 1.05. The Labute approximate surface area is 125 Å². The summed E-state index contributed by atoms with van der Waals surface area (Å²) in [6, 6.07) is 3.70. The van der Waals surface area contributed by atoms with Gasteiger partial charge >= 0.3 is 0 Å². The van der Waals surface area contributed by atoms with Crippen LogP contribution in [0.5, 0.6) is 11.5 Å². The first kappa shape index (κ1) is 14.8. The molecule has 0 fully saturated rings. The van der Waals surface area contributed by atoms with Crippen LogP contribution in [0.4, 0.5) is 0 Å². The van der Waals surface area contributed by atoms with Gasteiger partial charge < -0.3 is 15.2 Å². The summed E-state index contributed by atoms with van der Waals surface area (Å²) in [7, 11) is 1.54. The molecule has 0 aliphatic rings. The van der Waals surface area contributed by atoms with Crippen molar-refractivity contribution < 1.29 is 9.84 Å². The number of hydrogen-bond acceptors (Lipinski definition) is 5. The Balaban J connectivity index is 1.78. The van der Waals surface area contributed by atoms with Gasteiger partial charge in [0.2, 0.25) is 0 Å². The quantitative estimate of drug-likeness (QED) is 0.753. The van der Waals surface area contributed by atoms with Gasteiger partial charge in [0.05, 0.1) is 17.8 Å². The van der Waals surface area contributed by atoms with Crippen molar-refractivity contribution in [3.05, 3.63) is 34.6 Å². The molecule has 1 aromatic carbocycles. The lowest BCUT2D eigenvalue weighted by atomic mass is 10.2. The molecule has 6 nitrogen and oxygen atoms in total. The molecule has 0 aliphatic heterocycles. The third kappa shape index (κ3) is 3.94. The number of nitrogens with zero attached hydrogens (tertiary/aromatic N) is 3. The lowest BCUT2D eigenvalue weighted by Gasteiger charge is -2.10. The fourth-order valence-corrected chi connectivity index (χ4v) is 2.33. The van der Waals surface area contributed by atoms with Crippen LogP contribution in [0.3, 0.4) is 0 Å². The third-order valence-electron chi connectivity index (χ3n) is 2.85. The smallest absolute Gasteiger partial charge is 0.172 e. The van der Waals surface area contributed by atoms with Crippen LogP contribution in [0, 0.1) is 0 Å². The van der Waals surface area contributed by atoms with E-state index in [4.69, 9.17) is 4.74 Å². The molecule has 7 heteroatoms. The number of aryl methyl sites for hydroxylation is 1. The molecule has 2 aromatic rings. The van der Waals surface area contributed by atoms with E-state index in [1.54, 1.807) is 6.20 Å². The summed E-state index contributed by atoms with van der Waals surface area (Å²) in [6.45, 7) is 2.43. The van der Waals surface area contributed by atoms with Crippen LogP contribution in [0.25, 0.3) is 0 Å². The highest BCUT2D eigenvalue weighted by Crippen LogP contribution is 2.35. The van der Waals surface area contributed by atoms with Crippen LogP contribution in [0.1, 0.15) is 12.0 Å². The van der Waals surface area contributed by atoms with Crippen molar-refractivity contribution in [3.63, 3.8) is 0 Å². The van der Waals surface area contributed by atoms with E-state index >= 15 is 0 Å². The minimum Gasteiger partial charge on any atom is -0.503 e. The van der Waals surface area contributed by atoms with Gasteiger partial charge in [0.25, 0.3) is 0 Å². The molecule has 0 saturated heterocycles. The fourth-order valence-electron chi connectivity index (χ4n) is 1.84. The van der Waals surface area contributed by atoms with E-state index in [2.05, 4.69) is 31.6 Å². The minimum atomic E-state index is 0.127. The fraction of sp³-hybridized carbons (Fsp3) is 0.385. The Hall–Kier alpha value is -1.60. The topological polar surface area (TPSA) is 72.2 Å². The summed E-state index contributed by atoms with van der Waals surface area (Å²) in [5, 5.41) is 20.7. The predicted octanol–water partition coefficient (Wildman–Crippen LogP) is 1.93. The van der Waals surface area contributed by atoms with Gasteiger partial charge in [0.1, 0.15) is 0 Å².